The second kappa shape index (κ2) is 12.3. The Hall–Kier alpha value is -2.17. The van der Waals surface area contributed by atoms with Crippen molar-refractivity contribution in [2.45, 2.75) is 38.5 Å². The van der Waals surface area contributed by atoms with Crippen LogP contribution in [0.3, 0.4) is 0 Å². The Labute approximate surface area is 211 Å². The van der Waals surface area contributed by atoms with Crippen molar-refractivity contribution < 1.29 is 9.50 Å². The lowest BCUT2D eigenvalue weighted by Gasteiger charge is -2.29. The summed E-state index contributed by atoms with van der Waals surface area (Å²) in [6.07, 6.45) is 4.31. The normalized spacial score (nSPS) is 15.4. The third kappa shape index (κ3) is 7.15. The number of aromatic nitrogens is 1. The van der Waals surface area contributed by atoms with Gasteiger partial charge in [0, 0.05) is 56.9 Å². The number of hydrogen-bond donors (Lipinski definition) is 4. The molecule has 1 fully saturated rings. The summed E-state index contributed by atoms with van der Waals surface area (Å²) in [7, 11) is 1.76. The van der Waals surface area contributed by atoms with Crippen LogP contribution in [0.5, 0.6) is 0 Å². The first-order valence-electron chi connectivity index (χ1n) is 11.3. The molecule has 178 valence electrons. The average Bonchev–Trinajstić information content (AvgIpc) is 3.20. The van der Waals surface area contributed by atoms with Crippen LogP contribution in [0.15, 0.2) is 53.7 Å². The number of benzene rings is 2. The lowest BCUT2D eigenvalue weighted by Crippen LogP contribution is -2.37. The number of hydrogen-bond acceptors (Lipinski definition) is 3. The van der Waals surface area contributed by atoms with Crippen molar-refractivity contribution in [2.75, 3.05) is 26.7 Å². The van der Waals surface area contributed by atoms with E-state index in [1.165, 1.54) is 17.2 Å². The lowest BCUT2D eigenvalue weighted by molar-refractivity contribution is 0.0792. The maximum absolute atomic E-state index is 13.5. The van der Waals surface area contributed by atoms with Gasteiger partial charge in [-0.3, -0.25) is 9.89 Å². The fraction of sp³-hybridized carbons (Fsp3) is 0.400. The third-order valence-electron chi connectivity index (χ3n) is 6.09. The molecule has 0 spiro atoms. The molecular weight excluding hydrogens is 532 g/mol. The van der Waals surface area contributed by atoms with Crippen molar-refractivity contribution in [2.24, 2.45) is 4.99 Å². The van der Waals surface area contributed by atoms with E-state index < -0.39 is 0 Å². The van der Waals surface area contributed by atoms with Crippen LogP contribution in [-0.2, 0) is 19.5 Å². The standard InChI is InChI=1S/C25H32FN5O.HI/c1-27-25(28-11-8-20-16-29-24-7-6-21(26)14-23(20)24)30-15-18-2-4-19(5-3-18)17-31-12-9-22(32)10-13-31;/h2-7,14,16,22,29,32H,8-13,15,17H2,1H3,(H2,27,28,30);1H. The van der Waals surface area contributed by atoms with E-state index >= 15 is 0 Å². The molecule has 2 aromatic carbocycles. The fourth-order valence-corrected chi connectivity index (χ4v) is 4.18. The number of rotatable bonds is 7. The molecule has 8 heteroatoms. The van der Waals surface area contributed by atoms with Gasteiger partial charge in [-0.15, -0.1) is 24.0 Å². The maximum atomic E-state index is 13.5. The van der Waals surface area contributed by atoms with Gasteiger partial charge in [-0.2, -0.15) is 0 Å². The number of H-pyrrole nitrogens is 1. The minimum atomic E-state index is -0.218. The van der Waals surface area contributed by atoms with E-state index in [4.69, 9.17) is 0 Å². The summed E-state index contributed by atoms with van der Waals surface area (Å²) < 4.78 is 13.5. The molecule has 0 radical (unpaired) electrons. The zero-order valence-corrected chi connectivity index (χ0v) is 21.3. The van der Waals surface area contributed by atoms with Crippen molar-refractivity contribution in [3.05, 3.63) is 71.2 Å². The van der Waals surface area contributed by atoms with Crippen LogP contribution in [0, 0.1) is 5.82 Å². The second-order valence-electron chi connectivity index (χ2n) is 8.43. The quantitative estimate of drug-likeness (QED) is 0.200. The van der Waals surface area contributed by atoms with E-state index in [1.807, 2.05) is 6.20 Å². The minimum absolute atomic E-state index is 0. The number of aromatic amines is 1. The highest BCUT2D eigenvalue weighted by Gasteiger charge is 2.16. The molecule has 0 bridgehead atoms. The number of fused-ring (bicyclic) bond motifs is 1. The van der Waals surface area contributed by atoms with Gasteiger partial charge in [-0.25, -0.2) is 4.39 Å². The highest BCUT2D eigenvalue weighted by molar-refractivity contribution is 14.0. The summed E-state index contributed by atoms with van der Waals surface area (Å²) in [6, 6.07) is 13.5. The molecule has 1 aromatic heterocycles. The van der Waals surface area contributed by atoms with Crippen LogP contribution in [-0.4, -0.2) is 53.7 Å². The van der Waals surface area contributed by atoms with E-state index in [2.05, 4.69) is 49.8 Å². The molecule has 0 saturated carbocycles. The summed E-state index contributed by atoms with van der Waals surface area (Å²) in [6.45, 7) is 4.24. The predicted octanol–water partition coefficient (Wildman–Crippen LogP) is 3.79. The van der Waals surface area contributed by atoms with Crippen molar-refractivity contribution in [1.29, 1.82) is 0 Å². The molecule has 6 nitrogen and oxygen atoms in total. The number of nitrogens with zero attached hydrogens (tertiary/aromatic N) is 2. The van der Waals surface area contributed by atoms with Gasteiger partial charge in [0.1, 0.15) is 5.82 Å². The number of guanidine groups is 1. The fourth-order valence-electron chi connectivity index (χ4n) is 4.18. The summed E-state index contributed by atoms with van der Waals surface area (Å²) in [4.78, 5) is 9.89. The molecule has 0 aliphatic carbocycles. The Morgan fingerprint density at radius 3 is 2.58 bits per heavy atom. The average molecular weight is 565 g/mol. The Kier molecular flexibility index (Phi) is 9.52. The van der Waals surface area contributed by atoms with Gasteiger partial charge in [0.2, 0.25) is 0 Å². The van der Waals surface area contributed by atoms with Crippen LogP contribution in [0.25, 0.3) is 10.9 Å². The molecule has 0 unspecified atom stereocenters. The highest BCUT2D eigenvalue weighted by atomic mass is 127. The molecule has 4 N–H and O–H groups in total. The first kappa shape index (κ1) is 25.5. The zero-order valence-electron chi connectivity index (χ0n) is 19.0. The number of halogens is 2. The smallest absolute Gasteiger partial charge is 0.191 e. The van der Waals surface area contributed by atoms with Gasteiger partial charge in [-0.05, 0) is 54.2 Å². The van der Waals surface area contributed by atoms with E-state index in [0.717, 1.165) is 61.3 Å². The highest BCUT2D eigenvalue weighted by Crippen LogP contribution is 2.19. The van der Waals surface area contributed by atoms with Crippen molar-refractivity contribution in [3.8, 4) is 0 Å². The van der Waals surface area contributed by atoms with Crippen LogP contribution >= 0.6 is 24.0 Å². The second-order valence-corrected chi connectivity index (χ2v) is 8.43. The summed E-state index contributed by atoms with van der Waals surface area (Å²) in [5.74, 6) is 0.525. The van der Waals surface area contributed by atoms with Crippen LogP contribution in [0.2, 0.25) is 0 Å². The predicted molar refractivity (Wildman–Crippen MR) is 143 cm³/mol. The van der Waals surface area contributed by atoms with E-state index in [-0.39, 0.29) is 35.9 Å². The number of nitrogens with one attached hydrogen (secondary N) is 3. The Bertz CT molecular complexity index is 1040. The van der Waals surface area contributed by atoms with Crippen LogP contribution in [0.1, 0.15) is 29.5 Å². The van der Waals surface area contributed by atoms with E-state index in [0.29, 0.717) is 13.1 Å². The molecule has 4 rings (SSSR count). The van der Waals surface area contributed by atoms with Gasteiger partial charge in [0.25, 0.3) is 0 Å². The molecule has 2 heterocycles. The largest absolute Gasteiger partial charge is 0.393 e. The Balaban J connectivity index is 0.00000306. The SMILES string of the molecule is CN=C(NCCc1c[nH]c2ccc(F)cc12)NCc1ccc(CN2CCC(O)CC2)cc1.I. The molecule has 1 aliphatic heterocycles. The molecule has 1 aliphatic rings. The van der Waals surface area contributed by atoms with Crippen molar-refractivity contribution in [1.82, 2.24) is 20.5 Å². The maximum Gasteiger partial charge on any atom is 0.191 e. The van der Waals surface area contributed by atoms with E-state index in [9.17, 15) is 9.50 Å². The summed E-state index contributed by atoms with van der Waals surface area (Å²) in [5, 5.41) is 17.3. The molecule has 0 atom stereocenters. The molecule has 33 heavy (non-hydrogen) atoms. The minimum Gasteiger partial charge on any atom is -0.393 e. The third-order valence-corrected chi connectivity index (χ3v) is 6.09. The van der Waals surface area contributed by atoms with E-state index in [1.54, 1.807) is 19.2 Å². The molecule has 0 amide bonds. The summed E-state index contributed by atoms with van der Waals surface area (Å²) in [5.41, 5.74) is 4.52. The molecular formula is C25H33FIN5O. The zero-order chi connectivity index (χ0) is 22.3. The summed E-state index contributed by atoms with van der Waals surface area (Å²) >= 11 is 0. The van der Waals surface area contributed by atoms with Crippen molar-refractivity contribution in [3.63, 3.8) is 0 Å². The lowest BCUT2D eigenvalue weighted by atomic mass is 10.1. The Morgan fingerprint density at radius 2 is 1.85 bits per heavy atom. The first-order chi connectivity index (χ1) is 15.6. The molecule has 1 saturated heterocycles. The van der Waals surface area contributed by atoms with Gasteiger partial charge in [-0.1, -0.05) is 24.3 Å². The number of likely N-dealkylation sites (tertiary alicyclic amines) is 1. The number of aliphatic imine (C=N–C) groups is 1. The van der Waals surface area contributed by atoms with Crippen molar-refractivity contribution >= 4 is 40.8 Å². The first-order valence-corrected chi connectivity index (χ1v) is 11.3. The van der Waals surface area contributed by atoms with Crippen LogP contribution < -0.4 is 10.6 Å². The van der Waals surface area contributed by atoms with Gasteiger partial charge in [0.05, 0.1) is 6.10 Å². The van der Waals surface area contributed by atoms with Gasteiger partial charge in [0.15, 0.2) is 5.96 Å². The van der Waals surface area contributed by atoms with Crippen LogP contribution in [0.4, 0.5) is 4.39 Å². The number of aliphatic hydroxyl groups excluding tert-OH is 1. The topological polar surface area (TPSA) is 75.7 Å². The monoisotopic (exact) mass is 565 g/mol. The molecule has 3 aromatic rings. The van der Waals surface area contributed by atoms with Gasteiger partial charge >= 0.3 is 0 Å². The number of aliphatic hydroxyl groups is 1. The van der Waals surface area contributed by atoms with Gasteiger partial charge < -0.3 is 20.7 Å². The number of piperidine rings is 1. The Morgan fingerprint density at radius 1 is 1.12 bits per heavy atom.